The Hall–Kier alpha value is -3.81. The van der Waals surface area contributed by atoms with Crippen molar-refractivity contribution in [1.29, 1.82) is 0 Å². The summed E-state index contributed by atoms with van der Waals surface area (Å²) in [5.74, 6) is -0.810. The molecule has 1 aliphatic carbocycles. The van der Waals surface area contributed by atoms with Gasteiger partial charge in [-0.2, -0.15) is 0 Å². The second kappa shape index (κ2) is 9.82. The number of rotatable bonds is 8. The van der Waals surface area contributed by atoms with Crippen molar-refractivity contribution in [3.05, 3.63) is 65.4 Å². The molecule has 4 rings (SSSR count). The van der Waals surface area contributed by atoms with Gasteiger partial charge in [-0.25, -0.2) is 0 Å². The van der Waals surface area contributed by atoms with E-state index in [1.165, 1.54) is 0 Å². The highest BCUT2D eigenvalue weighted by atomic mass is 16.5. The van der Waals surface area contributed by atoms with Gasteiger partial charge in [0.15, 0.2) is 0 Å². The number of aromatic nitrogens is 1. The molecule has 3 aromatic rings. The molecule has 1 aliphatic rings. The summed E-state index contributed by atoms with van der Waals surface area (Å²) in [6.45, 7) is 3.64. The number of para-hydroxylation sites is 1. The van der Waals surface area contributed by atoms with E-state index in [0.29, 0.717) is 25.0 Å². The van der Waals surface area contributed by atoms with Crippen LogP contribution >= 0.6 is 0 Å². The van der Waals surface area contributed by atoms with Crippen molar-refractivity contribution in [2.45, 2.75) is 51.1 Å². The number of benzene rings is 2. The van der Waals surface area contributed by atoms with Crippen LogP contribution in [0.4, 0.5) is 0 Å². The third kappa shape index (κ3) is 5.01. The summed E-state index contributed by atoms with van der Waals surface area (Å²) < 4.78 is 5.26. The minimum atomic E-state index is -1.21. The van der Waals surface area contributed by atoms with E-state index in [1.54, 1.807) is 13.2 Å². The largest absolute Gasteiger partial charge is 0.497 e. The number of nitrogens with one attached hydrogen (secondary N) is 3. The number of primary amides is 1. The van der Waals surface area contributed by atoms with Crippen LogP contribution in [0.3, 0.4) is 0 Å². The monoisotopic (exact) mass is 476 g/mol. The van der Waals surface area contributed by atoms with Crippen molar-refractivity contribution in [3.8, 4) is 5.75 Å². The van der Waals surface area contributed by atoms with Crippen molar-refractivity contribution in [3.63, 3.8) is 0 Å². The fraction of sp³-hybridized carbons (Fsp3) is 0.370. The summed E-state index contributed by atoms with van der Waals surface area (Å²) in [5, 5.41) is 6.89. The Bertz CT molecular complexity index is 1270. The number of nitrogens with two attached hydrogens (primary N) is 1. The van der Waals surface area contributed by atoms with Gasteiger partial charge in [0.05, 0.1) is 13.5 Å². The fourth-order valence-corrected chi connectivity index (χ4v) is 4.88. The van der Waals surface area contributed by atoms with Gasteiger partial charge in [-0.05, 0) is 48.1 Å². The molecule has 0 radical (unpaired) electrons. The first kappa shape index (κ1) is 24.3. The van der Waals surface area contributed by atoms with Crippen LogP contribution in [0.5, 0.6) is 5.75 Å². The number of fused-ring (bicyclic) bond motifs is 3. The number of ether oxygens (including phenoxy) is 1. The molecule has 2 atom stereocenters. The summed E-state index contributed by atoms with van der Waals surface area (Å²) in [4.78, 5) is 42.4. The molecule has 8 heteroatoms. The molecule has 0 fully saturated rings. The number of carbonyl (C=O) groups excluding carboxylic acids is 3. The molecule has 0 bridgehead atoms. The summed E-state index contributed by atoms with van der Waals surface area (Å²) in [6.07, 6.45) is 1.38. The van der Waals surface area contributed by atoms with Crippen molar-refractivity contribution >= 4 is 28.6 Å². The lowest BCUT2D eigenvalue weighted by atomic mass is 9.78. The van der Waals surface area contributed by atoms with E-state index in [-0.39, 0.29) is 18.2 Å². The van der Waals surface area contributed by atoms with Crippen molar-refractivity contribution in [2.24, 2.45) is 11.7 Å². The average molecular weight is 477 g/mol. The molecular weight excluding hydrogens is 444 g/mol. The van der Waals surface area contributed by atoms with Gasteiger partial charge in [0.25, 0.3) is 0 Å². The van der Waals surface area contributed by atoms with Crippen molar-refractivity contribution in [1.82, 2.24) is 15.6 Å². The molecule has 8 nitrogen and oxygen atoms in total. The van der Waals surface area contributed by atoms with Crippen LogP contribution < -0.4 is 21.1 Å². The highest BCUT2D eigenvalue weighted by Gasteiger charge is 2.45. The summed E-state index contributed by atoms with van der Waals surface area (Å²) in [7, 11) is 1.57. The molecule has 5 N–H and O–H groups in total. The maximum Gasteiger partial charge on any atom is 0.246 e. The van der Waals surface area contributed by atoms with Crippen LogP contribution in [-0.4, -0.2) is 41.4 Å². The van der Waals surface area contributed by atoms with Gasteiger partial charge < -0.3 is 26.1 Å². The first-order valence-electron chi connectivity index (χ1n) is 11.8. The Morgan fingerprint density at radius 1 is 1.14 bits per heavy atom. The van der Waals surface area contributed by atoms with Crippen molar-refractivity contribution < 1.29 is 19.1 Å². The van der Waals surface area contributed by atoms with Gasteiger partial charge in [0, 0.05) is 23.0 Å². The maximum atomic E-state index is 13.7. The number of carbonyl (C=O) groups is 3. The maximum absolute atomic E-state index is 13.7. The quantitative estimate of drug-likeness (QED) is 0.398. The highest BCUT2D eigenvalue weighted by Crippen LogP contribution is 2.34. The number of amides is 3. The Labute approximate surface area is 204 Å². The van der Waals surface area contributed by atoms with E-state index < -0.39 is 23.4 Å². The molecule has 2 aromatic carbocycles. The van der Waals surface area contributed by atoms with Crippen LogP contribution in [0.1, 0.15) is 37.1 Å². The predicted octanol–water partition coefficient (Wildman–Crippen LogP) is 2.39. The summed E-state index contributed by atoms with van der Waals surface area (Å²) in [5.41, 5.74) is 8.19. The molecule has 1 aromatic heterocycles. The summed E-state index contributed by atoms with van der Waals surface area (Å²) >= 11 is 0. The van der Waals surface area contributed by atoms with E-state index in [4.69, 9.17) is 10.5 Å². The number of hydrogen-bond donors (Lipinski definition) is 4. The number of aryl methyl sites for hydroxylation is 1. The average Bonchev–Trinajstić information content (AvgIpc) is 3.19. The van der Waals surface area contributed by atoms with Gasteiger partial charge in [-0.3, -0.25) is 14.4 Å². The molecule has 3 amide bonds. The lowest BCUT2D eigenvalue weighted by Gasteiger charge is -2.38. The minimum Gasteiger partial charge on any atom is -0.497 e. The molecule has 184 valence electrons. The molecule has 1 heterocycles. The van der Waals surface area contributed by atoms with E-state index in [9.17, 15) is 14.4 Å². The van der Waals surface area contributed by atoms with Gasteiger partial charge in [0.2, 0.25) is 17.7 Å². The van der Waals surface area contributed by atoms with Gasteiger partial charge in [-0.1, -0.05) is 44.2 Å². The molecule has 35 heavy (non-hydrogen) atoms. The van der Waals surface area contributed by atoms with Crippen LogP contribution in [0.2, 0.25) is 0 Å². The topological polar surface area (TPSA) is 126 Å². The normalized spacial score (nSPS) is 18.1. The molecule has 0 saturated carbocycles. The van der Waals surface area contributed by atoms with E-state index in [1.807, 2.05) is 56.3 Å². The summed E-state index contributed by atoms with van der Waals surface area (Å²) in [6, 6.07) is 14.4. The smallest absolute Gasteiger partial charge is 0.246 e. The highest BCUT2D eigenvalue weighted by molar-refractivity contribution is 5.97. The molecule has 0 aliphatic heterocycles. The van der Waals surface area contributed by atoms with E-state index in [2.05, 4.69) is 15.6 Å². The second-order valence-corrected chi connectivity index (χ2v) is 9.56. The molecule has 0 saturated heterocycles. The third-order valence-electron chi connectivity index (χ3n) is 6.75. The lowest BCUT2D eigenvalue weighted by Crippen LogP contribution is -2.64. The third-order valence-corrected chi connectivity index (χ3v) is 6.75. The standard InChI is InChI=1S/C27H32N4O4/c1-16(2)24(25(28)33)30-26(34)27(31-23(32)14-17-7-6-8-18(13-17)35-3)12-11-22-20(15-27)19-9-4-5-10-21(19)29-22/h4-10,13,16,24,29H,11-12,14-15H2,1-3H3,(H2,28,33)(H,30,34)(H,31,32)/t24-,27-/m0/s1. The van der Waals surface area contributed by atoms with Crippen molar-refractivity contribution in [2.75, 3.05) is 7.11 Å². The van der Waals surface area contributed by atoms with Gasteiger partial charge in [-0.15, -0.1) is 0 Å². The zero-order chi connectivity index (χ0) is 25.2. The second-order valence-electron chi connectivity index (χ2n) is 9.56. The van der Waals surface area contributed by atoms with Crippen LogP contribution in [0.15, 0.2) is 48.5 Å². The SMILES string of the molecule is COc1cccc(CC(=O)N[C@@]2(C(=O)N[C@H](C(N)=O)C(C)C)CCc3[nH]c4ccccc4c3C2)c1. The molecule has 0 unspecified atom stereocenters. The Kier molecular flexibility index (Phi) is 6.82. The van der Waals surface area contributed by atoms with Crippen LogP contribution in [-0.2, 0) is 33.6 Å². The zero-order valence-electron chi connectivity index (χ0n) is 20.3. The molecular formula is C27H32N4O4. The number of H-pyrrole nitrogens is 1. The van der Waals surface area contributed by atoms with E-state index >= 15 is 0 Å². The number of methoxy groups -OCH3 is 1. The predicted molar refractivity (Wildman–Crippen MR) is 134 cm³/mol. The lowest BCUT2D eigenvalue weighted by molar-refractivity contribution is -0.136. The Morgan fingerprint density at radius 2 is 1.91 bits per heavy atom. The van der Waals surface area contributed by atoms with Gasteiger partial charge >= 0.3 is 0 Å². The first-order chi connectivity index (χ1) is 16.7. The fourth-order valence-electron chi connectivity index (χ4n) is 4.88. The number of aromatic amines is 1. The van der Waals surface area contributed by atoms with E-state index in [0.717, 1.165) is 27.7 Å². The number of hydrogen-bond acceptors (Lipinski definition) is 4. The Balaban J connectivity index is 1.66. The van der Waals surface area contributed by atoms with Crippen LogP contribution in [0, 0.1) is 5.92 Å². The first-order valence-corrected chi connectivity index (χ1v) is 11.8. The molecule has 0 spiro atoms. The zero-order valence-corrected chi connectivity index (χ0v) is 20.3. The Morgan fingerprint density at radius 3 is 2.63 bits per heavy atom. The minimum absolute atomic E-state index is 0.0937. The van der Waals surface area contributed by atoms with Gasteiger partial charge in [0.1, 0.15) is 17.3 Å². The van der Waals surface area contributed by atoms with Crippen LogP contribution in [0.25, 0.3) is 10.9 Å².